The molecule has 0 saturated carbocycles. The van der Waals surface area contributed by atoms with Crippen LogP contribution in [0.15, 0.2) is 0 Å². The molecular weight excluding hydrogens is 156 g/mol. The maximum Gasteiger partial charge on any atom is 0.407 e. The van der Waals surface area contributed by atoms with Gasteiger partial charge in [-0.1, -0.05) is 0 Å². The molecule has 1 amide bonds. The van der Waals surface area contributed by atoms with Crippen LogP contribution in [0.2, 0.25) is 0 Å². The third kappa shape index (κ3) is 2.37. The molecule has 0 aromatic carbocycles. The van der Waals surface area contributed by atoms with E-state index in [1.807, 2.05) is 14.1 Å². The van der Waals surface area contributed by atoms with E-state index in [1.54, 1.807) is 0 Å². The summed E-state index contributed by atoms with van der Waals surface area (Å²) in [5.41, 5.74) is 0. The molecule has 70 valence electrons. The smallest absolute Gasteiger partial charge is 0.407 e. The Hall–Kier alpha value is -0.770. The van der Waals surface area contributed by atoms with Crippen LogP contribution in [0.1, 0.15) is 6.42 Å². The predicted octanol–water partition coefficient (Wildman–Crippen LogP) is 0.548. The van der Waals surface area contributed by atoms with Gasteiger partial charge in [0, 0.05) is 19.6 Å². The second-order valence-electron chi connectivity index (χ2n) is 3.65. The molecule has 0 unspecified atom stereocenters. The molecule has 0 radical (unpaired) electrons. The minimum Gasteiger partial charge on any atom is -0.465 e. The maximum absolute atomic E-state index is 10.5. The Morgan fingerprint density at radius 2 is 2.33 bits per heavy atom. The molecule has 1 rings (SSSR count). The topological polar surface area (TPSA) is 43.8 Å². The van der Waals surface area contributed by atoms with Gasteiger partial charge >= 0.3 is 6.09 Å². The largest absolute Gasteiger partial charge is 0.465 e. The Morgan fingerprint density at radius 1 is 1.67 bits per heavy atom. The molecule has 0 bridgehead atoms. The predicted molar refractivity (Wildman–Crippen MR) is 46.3 cm³/mol. The minimum absolute atomic E-state index is 0.524. The van der Waals surface area contributed by atoms with Crippen LogP contribution in [0.3, 0.4) is 0 Å². The summed E-state index contributed by atoms with van der Waals surface area (Å²) in [4.78, 5) is 14.1. The van der Waals surface area contributed by atoms with Gasteiger partial charge in [0.25, 0.3) is 0 Å². The van der Waals surface area contributed by atoms with Crippen molar-refractivity contribution in [2.75, 3.05) is 33.7 Å². The Bertz CT molecular complexity index is 170. The van der Waals surface area contributed by atoms with Crippen molar-refractivity contribution in [3.8, 4) is 0 Å². The second-order valence-corrected chi connectivity index (χ2v) is 3.65. The van der Waals surface area contributed by atoms with Crippen LogP contribution in [-0.2, 0) is 0 Å². The molecule has 1 saturated heterocycles. The Labute approximate surface area is 72.8 Å². The Balaban J connectivity index is 2.30. The van der Waals surface area contributed by atoms with E-state index in [0.717, 1.165) is 13.0 Å². The molecule has 0 spiro atoms. The van der Waals surface area contributed by atoms with E-state index in [1.165, 1.54) is 4.90 Å². The molecule has 1 N–H and O–H groups in total. The first-order valence-electron chi connectivity index (χ1n) is 4.22. The lowest BCUT2D eigenvalue weighted by atomic mass is 10.1. The zero-order valence-corrected chi connectivity index (χ0v) is 7.66. The molecule has 1 fully saturated rings. The number of hydrogen-bond acceptors (Lipinski definition) is 2. The number of amides is 1. The van der Waals surface area contributed by atoms with E-state index in [9.17, 15) is 4.79 Å². The molecule has 4 heteroatoms. The number of carboxylic acid groups (broad SMARTS) is 1. The highest BCUT2D eigenvalue weighted by Gasteiger charge is 2.25. The van der Waals surface area contributed by atoms with Crippen molar-refractivity contribution in [3.05, 3.63) is 0 Å². The second kappa shape index (κ2) is 3.76. The lowest BCUT2D eigenvalue weighted by molar-refractivity contribution is 0.153. The molecule has 0 aromatic heterocycles. The number of likely N-dealkylation sites (tertiary alicyclic amines) is 1. The van der Waals surface area contributed by atoms with Crippen molar-refractivity contribution in [2.24, 2.45) is 5.92 Å². The number of hydrogen-bond donors (Lipinski definition) is 1. The maximum atomic E-state index is 10.5. The highest BCUT2D eigenvalue weighted by molar-refractivity contribution is 5.65. The van der Waals surface area contributed by atoms with Gasteiger partial charge in [-0.05, 0) is 26.4 Å². The van der Waals surface area contributed by atoms with Crippen LogP contribution < -0.4 is 0 Å². The molecule has 1 atom stereocenters. The van der Waals surface area contributed by atoms with E-state index in [0.29, 0.717) is 19.0 Å². The first kappa shape index (κ1) is 9.32. The fraction of sp³-hybridized carbons (Fsp3) is 0.875. The number of rotatable bonds is 2. The average molecular weight is 172 g/mol. The fourth-order valence-electron chi connectivity index (χ4n) is 1.67. The van der Waals surface area contributed by atoms with Crippen LogP contribution in [0.4, 0.5) is 4.79 Å². The van der Waals surface area contributed by atoms with Gasteiger partial charge < -0.3 is 14.9 Å². The summed E-state index contributed by atoms with van der Waals surface area (Å²) in [5, 5.41) is 8.68. The summed E-state index contributed by atoms with van der Waals surface area (Å²) in [6, 6.07) is 0. The van der Waals surface area contributed by atoms with Crippen LogP contribution in [0.5, 0.6) is 0 Å². The zero-order valence-electron chi connectivity index (χ0n) is 7.66. The Kier molecular flexibility index (Phi) is 2.92. The lowest BCUT2D eigenvalue weighted by Gasteiger charge is -2.16. The van der Waals surface area contributed by atoms with Crippen molar-refractivity contribution in [1.82, 2.24) is 9.80 Å². The van der Waals surface area contributed by atoms with Gasteiger partial charge in [0.1, 0.15) is 0 Å². The van der Waals surface area contributed by atoms with Crippen LogP contribution in [0, 0.1) is 5.92 Å². The summed E-state index contributed by atoms with van der Waals surface area (Å²) < 4.78 is 0. The van der Waals surface area contributed by atoms with E-state index in [2.05, 4.69) is 4.90 Å². The molecule has 4 nitrogen and oxygen atoms in total. The molecule has 12 heavy (non-hydrogen) atoms. The van der Waals surface area contributed by atoms with E-state index >= 15 is 0 Å². The van der Waals surface area contributed by atoms with Gasteiger partial charge in [0.05, 0.1) is 0 Å². The summed E-state index contributed by atoms with van der Waals surface area (Å²) >= 11 is 0. The monoisotopic (exact) mass is 172 g/mol. The van der Waals surface area contributed by atoms with Gasteiger partial charge in [-0.2, -0.15) is 0 Å². The quantitative estimate of drug-likeness (QED) is 0.661. The first-order valence-corrected chi connectivity index (χ1v) is 4.22. The van der Waals surface area contributed by atoms with Crippen molar-refractivity contribution >= 4 is 6.09 Å². The highest BCUT2D eigenvalue weighted by atomic mass is 16.4. The van der Waals surface area contributed by atoms with E-state index in [-0.39, 0.29) is 0 Å². The minimum atomic E-state index is -0.781. The molecule has 0 aromatic rings. The summed E-state index contributed by atoms with van der Waals surface area (Å²) in [7, 11) is 4.03. The van der Waals surface area contributed by atoms with Gasteiger partial charge in [0.15, 0.2) is 0 Å². The fourth-order valence-corrected chi connectivity index (χ4v) is 1.67. The first-order chi connectivity index (χ1) is 5.59. The molecule has 0 aliphatic carbocycles. The molecular formula is C8H16N2O2. The molecule has 1 aliphatic heterocycles. The average Bonchev–Trinajstić information content (AvgIpc) is 2.34. The van der Waals surface area contributed by atoms with Gasteiger partial charge in [-0.15, -0.1) is 0 Å². The SMILES string of the molecule is CN(C)C[C@@H]1CCN(C(=O)O)C1. The van der Waals surface area contributed by atoms with Crippen LogP contribution >= 0.6 is 0 Å². The van der Waals surface area contributed by atoms with Gasteiger partial charge in [-0.25, -0.2) is 4.79 Å². The van der Waals surface area contributed by atoms with Gasteiger partial charge in [0.2, 0.25) is 0 Å². The van der Waals surface area contributed by atoms with Crippen molar-refractivity contribution in [3.63, 3.8) is 0 Å². The normalized spacial score (nSPS) is 23.6. The summed E-state index contributed by atoms with van der Waals surface area (Å²) in [6.45, 7) is 2.39. The van der Waals surface area contributed by atoms with E-state index < -0.39 is 6.09 Å². The Morgan fingerprint density at radius 3 is 2.75 bits per heavy atom. The molecule has 1 aliphatic rings. The number of nitrogens with zero attached hydrogens (tertiary/aromatic N) is 2. The lowest BCUT2D eigenvalue weighted by Crippen LogP contribution is -2.29. The third-order valence-corrected chi connectivity index (χ3v) is 2.18. The molecule has 1 heterocycles. The number of carbonyl (C=O) groups is 1. The van der Waals surface area contributed by atoms with Crippen molar-refractivity contribution in [1.29, 1.82) is 0 Å². The van der Waals surface area contributed by atoms with Gasteiger partial charge in [-0.3, -0.25) is 0 Å². The zero-order chi connectivity index (χ0) is 9.14. The van der Waals surface area contributed by atoms with Crippen LogP contribution in [-0.4, -0.2) is 54.7 Å². The van der Waals surface area contributed by atoms with Crippen LogP contribution in [0.25, 0.3) is 0 Å². The van der Waals surface area contributed by atoms with Crippen molar-refractivity contribution in [2.45, 2.75) is 6.42 Å². The summed E-state index contributed by atoms with van der Waals surface area (Å²) in [5.74, 6) is 0.524. The standard InChI is InChI=1S/C8H16N2O2/c1-9(2)5-7-3-4-10(6-7)8(11)12/h7H,3-6H2,1-2H3,(H,11,12)/t7-/m0/s1. The highest BCUT2D eigenvalue weighted by Crippen LogP contribution is 2.16. The van der Waals surface area contributed by atoms with E-state index in [4.69, 9.17) is 5.11 Å². The third-order valence-electron chi connectivity index (χ3n) is 2.18. The van der Waals surface area contributed by atoms with Crippen molar-refractivity contribution < 1.29 is 9.90 Å². The summed E-state index contributed by atoms with van der Waals surface area (Å²) in [6.07, 6.45) is 0.223.